The van der Waals surface area contributed by atoms with Crippen molar-refractivity contribution < 1.29 is 32.2 Å². The molecule has 32 heavy (non-hydrogen) atoms. The van der Waals surface area contributed by atoms with Gasteiger partial charge in [-0.3, -0.25) is 0 Å². The molecule has 0 unspecified atom stereocenters. The first-order chi connectivity index (χ1) is 15.1. The number of ether oxygens (including phenoxy) is 3. The minimum atomic E-state index is -4.70. The molecule has 0 radical (unpaired) electrons. The first kappa shape index (κ1) is 23.2. The highest BCUT2D eigenvalue weighted by atomic mass is 35.5. The third kappa shape index (κ3) is 5.42. The monoisotopic (exact) mass is 466 g/mol. The van der Waals surface area contributed by atoms with Crippen molar-refractivity contribution >= 4 is 29.1 Å². The molecule has 0 aliphatic carbocycles. The first-order valence-electron chi connectivity index (χ1n) is 9.17. The normalized spacial score (nSPS) is 11.1. The summed E-state index contributed by atoms with van der Waals surface area (Å²) in [4.78, 5) is 16.5. The summed E-state index contributed by atoms with van der Waals surface area (Å²) in [5.74, 6) is -0.416. The van der Waals surface area contributed by atoms with Crippen molar-refractivity contribution in [3.8, 4) is 17.2 Å². The second-order valence-corrected chi connectivity index (χ2v) is 7.05. The summed E-state index contributed by atoms with van der Waals surface area (Å²) in [5.41, 5.74) is -0.285. The van der Waals surface area contributed by atoms with E-state index < -0.39 is 17.8 Å². The summed E-state index contributed by atoms with van der Waals surface area (Å²) < 4.78 is 55.3. The van der Waals surface area contributed by atoms with Crippen LogP contribution in [0, 0.1) is 6.92 Å². The Morgan fingerprint density at radius 3 is 2.16 bits per heavy atom. The van der Waals surface area contributed by atoms with Gasteiger partial charge in [0.05, 0.1) is 14.2 Å². The Hall–Kier alpha value is -3.46. The number of rotatable bonds is 6. The van der Waals surface area contributed by atoms with E-state index in [9.17, 15) is 18.0 Å². The number of benzene rings is 2. The Morgan fingerprint density at radius 1 is 0.969 bits per heavy atom. The molecule has 0 amide bonds. The summed E-state index contributed by atoms with van der Waals surface area (Å²) in [5, 5.41) is 3.23. The SMILES string of the molecule is COc1cc(OC)cc(OC(=O)c2ccc(C(F)(F)F)nc2Nc2ccc(Cl)cc2C)c1. The van der Waals surface area contributed by atoms with Crippen LogP contribution in [0.5, 0.6) is 17.2 Å². The smallest absolute Gasteiger partial charge is 0.433 e. The van der Waals surface area contributed by atoms with Crippen LogP contribution in [0.25, 0.3) is 0 Å². The standard InChI is InChI=1S/C22H18ClF3N2O4/c1-12-8-13(23)4-6-18(12)27-20-17(5-7-19(28-20)22(24,25)26)21(29)32-16-10-14(30-2)9-15(11-16)31-3/h4-11H,1-3H3,(H,27,28). The number of nitrogens with zero attached hydrogens (tertiary/aromatic N) is 1. The Bertz CT molecular complexity index is 1130. The van der Waals surface area contributed by atoms with E-state index in [1.165, 1.54) is 26.4 Å². The zero-order valence-electron chi connectivity index (χ0n) is 17.2. The number of alkyl halides is 3. The predicted molar refractivity (Wildman–Crippen MR) is 113 cm³/mol. The molecule has 0 atom stereocenters. The molecule has 0 saturated heterocycles. The molecule has 3 aromatic rings. The minimum Gasteiger partial charge on any atom is -0.496 e. The van der Waals surface area contributed by atoms with E-state index in [-0.39, 0.29) is 17.1 Å². The fraction of sp³-hybridized carbons (Fsp3) is 0.182. The summed E-state index contributed by atoms with van der Waals surface area (Å²) in [6.45, 7) is 1.71. The maximum Gasteiger partial charge on any atom is 0.433 e. The van der Waals surface area contributed by atoms with E-state index in [1.54, 1.807) is 31.2 Å². The van der Waals surface area contributed by atoms with Crippen LogP contribution < -0.4 is 19.5 Å². The quantitative estimate of drug-likeness (QED) is 0.352. The lowest BCUT2D eigenvalue weighted by Gasteiger charge is -2.15. The van der Waals surface area contributed by atoms with Gasteiger partial charge in [0.15, 0.2) is 0 Å². The molecule has 0 bridgehead atoms. The fourth-order valence-electron chi connectivity index (χ4n) is 2.77. The molecule has 168 valence electrons. The van der Waals surface area contributed by atoms with Crippen molar-refractivity contribution in [2.75, 3.05) is 19.5 Å². The van der Waals surface area contributed by atoms with Crippen molar-refractivity contribution in [1.82, 2.24) is 4.98 Å². The highest BCUT2D eigenvalue weighted by Gasteiger charge is 2.34. The van der Waals surface area contributed by atoms with Crippen LogP contribution in [0.3, 0.4) is 0 Å². The van der Waals surface area contributed by atoms with Gasteiger partial charge in [-0.05, 0) is 42.8 Å². The van der Waals surface area contributed by atoms with Gasteiger partial charge in [-0.25, -0.2) is 9.78 Å². The van der Waals surface area contributed by atoms with Gasteiger partial charge in [0.2, 0.25) is 0 Å². The molecule has 1 aromatic heterocycles. The van der Waals surface area contributed by atoms with Gasteiger partial charge < -0.3 is 19.5 Å². The number of anilines is 2. The van der Waals surface area contributed by atoms with E-state index in [2.05, 4.69) is 10.3 Å². The lowest BCUT2D eigenvalue weighted by molar-refractivity contribution is -0.141. The molecule has 3 rings (SSSR count). The number of pyridine rings is 1. The number of halogens is 4. The lowest BCUT2D eigenvalue weighted by atomic mass is 10.1. The molecule has 1 heterocycles. The summed E-state index contributed by atoms with van der Waals surface area (Å²) >= 11 is 5.94. The van der Waals surface area contributed by atoms with Gasteiger partial charge in [-0.15, -0.1) is 0 Å². The van der Waals surface area contributed by atoms with Crippen LogP contribution in [0.1, 0.15) is 21.6 Å². The van der Waals surface area contributed by atoms with Crippen LogP contribution in [-0.2, 0) is 6.18 Å². The maximum atomic E-state index is 13.2. The predicted octanol–water partition coefficient (Wildman–Crippen LogP) is 6.04. The molecule has 0 saturated carbocycles. The van der Waals surface area contributed by atoms with Gasteiger partial charge in [0, 0.05) is 28.9 Å². The Morgan fingerprint density at radius 2 is 1.59 bits per heavy atom. The third-order valence-corrected chi connectivity index (χ3v) is 4.62. The van der Waals surface area contributed by atoms with Crippen molar-refractivity contribution in [2.24, 2.45) is 0 Å². The number of aromatic nitrogens is 1. The molecule has 0 aliphatic heterocycles. The Labute approximate surface area is 186 Å². The molecular weight excluding hydrogens is 449 g/mol. The van der Waals surface area contributed by atoms with Crippen LogP contribution in [-0.4, -0.2) is 25.2 Å². The molecule has 0 aliphatic rings. The van der Waals surface area contributed by atoms with Crippen molar-refractivity contribution in [1.29, 1.82) is 0 Å². The average molecular weight is 467 g/mol. The van der Waals surface area contributed by atoms with Gasteiger partial charge in [-0.1, -0.05) is 11.6 Å². The van der Waals surface area contributed by atoms with Gasteiger partial charge in [0.1, 0.15) is 34.3 Å². The van der Waals surface area contributed by atoms with Crippen molar-refractivity contribution in [3.05, 3.63) is 70.4 Å². The maximum absolute atomic E-state index is 13.2. The van der Waals surface area contributed by atoms with E-state index in [0.29, 0.717) is 33.8 Å². The van der Waals surface area contributed by atoms with Gasteiger partial charge in [0.25, 0.3) is 0 Å². The van der Waals surface area contributed by atoms with E-state index in [0.717, 1.165) is 6.07 Å². The van der Waals surface area contributed by atoms with Gasteiger partial charge >= 0.3 is 12.1 Å². The molecule has 0 fully saturated rings. The molecule has 0 spiro atoms. The lowest BCUT2D eigenvalue weighted by Crippen LogP contribution is -2.16. The molecule has 1 N–H and O–H groups in total. The molecule has 6 nitrogen and oxygen atoms in total. The summed E-state index contributed by atoms with van der Waals surface area (Å²) in [6.07, 6.45) is -4.70. The molecule has 10 heteroatoms. The largest absolute Gasteiger partial charge is 0.496 e. The Kier molecular flexibility index (Phi) is 6.78. The number of methoxy groups -OCH3 is 2. The zero-order chi connectivity index (χ0) is 23.5. The Balaban J connectivity index is 2.00. The highest BCUT2D eigenvalue weighted by Crippen LogP contribution is 2.33. The van der Waals surface area contributed by atoms with Crippen LogP contribution >= 0.6 is 11.6 Å². The number of hydrogen-bond donors (Lipinski definition) is 1. The first-order valence-corrected chi connectivity index (χ1v) is 9.55. The number of carbonyl (C=O) groups is 1. The highest BCUT2D eigenvalue weighted by molar-refractivity contribution is 6.30. The van der Waals surface area contributed by atoms with Crippen LogP contribution in [0.4, 0.5) is 24.7 Å². The van der Waals surface area contributed by atoms with E-state index in [1.807, 2.05) is 0 Å². The van der Waals surface area contributed by atoms with Crippen LogP contribution in [0.2, 0.25) is 5.02 Å². The van der Waals surface area contributed by atoms with Gasteiger partial charge in [-0.2, -0.15) is 13.2 Å². The number of carbonyl (C=O) groups excluding carboxylic acids is 1. The van der Waals surface area contributed by atoms with E-state index in [4.69, 9.17) is 25.8 Å². The van der Waals surface area contributed by atoms with E-state index >= 15 is 0 Å². The summed E-state index contributed by atoms with van der Waals surface area (Å²) in [6, 6.07) is 10.9. The van der Waals surface area contributed by atoms with Crippen LogP contribution in [0.15, 0.2) is 48.5 Å². The molecule has 2 aromatic carbocycles. The zero-order valence-corrected chi connectivity index (χ0v) is 18.0. The average Bonchev–Trinajstić information content (AvgIpc) is 2.74. The number of nitrogens with one attached hydrogen (secondary N) is 1. The number of aryl methyl sites for hydroxylation is 1. The summed E-state index contributed by atoms with van der Waals surface area (Å²) in [7, 11) is 2.85. The van der Waals surface area contributed by atoms with Crippen molar-refractivity contribution in [3.63, 3.8) is 0 Å². The minimum absolute atomic E-state index is 0.0831. The van der Waals surface area contributed by atoms with Crippen molar-refractivity contribution in [2.45, 2.75) is 13.1 Å². The topological polar surface area (TPSA) is 69.7 Å². The number of esters is 1. The molecular formula is C22H18ClF3N2O4. The second kappa shape index (κ2) is 9.35. The number of hydrogen-bond acceptors (Lipinski definition) is 6. The third-order valence-electron chi connectivity index (χ3n) is 4.38. The fourth-order valence-corrected chi connectivity index (χ4v) is 3.00. The second-order valence-electron chi connectivity index (χ2n) is 6.61.